The second-order valence-electron chi connectivity index (χ2n) is 5.76. The molecule has 3 rings (SSSR count). The van der Waals surface area contributed by atoms with Crippen molar-refractivity contribution in [1.29, 1.82) is 0 Å². The van der Waals surface area contributed by atoms with Gasteiger partial charge in [0.25, 0.3) is 0 Å². The van der Waals surface area contributed by atoms with Gasteiger partial charge in [-0.25, -0.2) is 9.18 Å². The first-order valence-electron chi connectivity index (χ1n) is 7.16. The molecule has 1 heterocycles. The summed E-state index contributed by atoms with van der Waals surface area (Å²) in [6, 6.07) is 4.41. The Morgan fingerprint density at radius 1 is 1.43 bits per heavy atom. The summed E-state index contributed by atoms with van der Waals surface area (Å²) in [5.41, 5.74) is 0.538. The van der Waals surface area contributed by atoms with E-state index in [1.165, 1.54) is 6.07 Å². The zero-order chi connectivity index (χ0) is 14.9. The quantitative estimate of drug-likeness (QED) is 0.901. The maximum atomic E-state index is 13.6. The van der Waals surface area contributed by atoms with Crippen LogP contribution in [0.5, 0.6) is 0 Å². The molecule has 2 N–H and O–H groups in total. The van der Waals surface area contributed by atoms with E-state index in [9.17, 15) is 9.18 Å². The van der Waals surface area contributed by atoms with Gasteiger partial charge in [-0.05, 0) is 36.8 Å². The van der Waals surface area contributed by atoms with Crippen LogP contribution in [-0.2, 0) is 11.3 Å². The largest absolute Gasteiger partial charge is 0.381 e. The molecule has 0 aromatic heterocycles. The normalized spacial score (nSPS) is 22.9. The van der Waals surface area contributed by atoms with Gasteiger partial charge in [-0.2, -0.15) is 0 Å². The van der Waals surface area contributed by atoms with Gasteiger partial charge >= 0.3 is 6.03 Å². The Bertz CT molecular complexity index is 526. The van der Waals surface area contributed by atoms with E-state index in [0.29, 0.717) is 10.6 Å². The van der Waals surface area contributed by atoms with Crippen LogP contribution in [-0.4, -0.2) is 25.3 Å². The maximum Gasteiger partial charge on any atom is 0.315 e. The molecule has 1 aromatic carbocycles. The summed E-state index contributed by atoms with van der Waals surface area (Å²) in [6.07, 6.45) is 3.00. The summed E-state index contributed by atoms with van der Waals surface area (Å²) in [5, 5.41) is 5.94. The van der Waals surface area contributed by atoms with Gasteiger partial charge in [-0.3, -0.25) is 0 Å². The van der Waals surface area contributed by atoms with E-state index in [2.05, 4.69) is 10.6 Å². The predicted molar refractivity (Wildman–Crippen MR) is 77.7 cm³/mol. The molecule has 1 saturated carbocycles. The van der Waals surface area contributed by atoms with Crippen molar-refractivity contribution in [3.05, 3.63) is 34.6 Å². The molecule has 2 amide bonds. The minimum Gasteiger partial charge on any atom is -0.381 e. The van der Waals surface area contributed by atoms with E-state index in [1.807, 2.05) is 0 Å². The Morgan fingerprint density at radius 2 is 2.19 bits per heavy atom. The molecule has 2 aliphatic rings. The van der Waals surface area contributed by atoms with Gasteiger partial charge < -0.3 is 15.4 Å². The monoisotopic (exact) mass is 312 g/mol. The van der Waals surface area contributed by atoms with Crippen LogP contribution >= 0.6 is 11.6 Å². The highest BCUT2D eigenvalue weighted by molar-refractivity contribution is 6.31. The Labute approximate surface area is 128 Å². The molecule has 0 radical (unpaired) electrons. The van der Waals surface area contributed by atoms with Crippen LogP contribution in [0.25, 0.3) is 0 Å². The number of carbonyl (C=O) groups excluding carboxylic acids is 1. The van der Waals surface area contributed by atoms with Crippen molar-refractivity contribution in [1.82, 2.24) is 10.6 Å². The fraction of sp³-hybridized carbons (Fsp3) is 0.533. The van der Waals surface area contributed by atoms with Crippen molar-refractivity contribution in [3.8, 4) is 0 Å². The Balaban J connectivity index is 1.49. The molecule has 1 unspecified atom stereocenters. The fourth-order valence-electron chi connectivity index (χ4n) is 2.96. The first-order chi connectivity index (χ1) is 10.1. The lowest BCUT2D eigenvalue weighted by Gasteiger charge is -2.23. The first kappa shape index (κ1) is 14.6. The summed E-state index contributed by atoms with van der Waals surface area (Å²) >= 11 is 5.92. The number of ether oxygens (including phenoxy) is 1. The average molecular weight is 313 g/mol. The standard InChI is InChI=1S/C15H18ClFN2O2/c16-11-2-1-3-12(17)10(11)9-18-14(20)19-13-8-15(13)4-6-21-7-5-15/h1-3,13H,4-9H2,(H2,18,19,20). The van der Waals surface area contributed by atoms with Gasteiger partial charge in [0, 0.05) is 36.4 Å². The molecule has 6 heteroatoms. The van der Waals surface area contributed by atoms with Gasteiger partial charge in [0.2, 0.25) is 0 Å². The van der Waals surface area contributed by atoms with Gasteiger partial charge in [-0.1, -0.05) is 17.7 Å². The van der Waals surface area contributed by atoms with Gasteiger partial charge in [0.1, 0.15) is 5.82 Å². The third-order valence-corrected chi connectivity index (χ3v) is 4.83. The number of halogens is 2. The van der Waals surface area contributed by atoms with Crippen LogP contribution in [0.4, 0.5) is 9.18 Å². The molecule has 1 aromatic rings. The van der Waals surface area contributed by atoms with E-state index in [0.717, 1.165) is 32.5 Å². The van der Waals surface area contributed by atoms with Gasteiger partial charge in [0.15, 0.2) is 0 Å². The number of rotatable bonds is 3. The molecule has 114 valence electrons. The third-order valence-electron chi connectivity index (χ3n) is 4.47. The lowest BCUT2D eigenvalue weighted by molar-refractivity contribution is 0.0547. The van der Waals surface area contributed by atoms with Crippen molar-refractivity contribution in [2.75, 3.05) is 13.2 Å². The summed E-state index contributed by atoms with van der Waals surface area (Å²) < 4.78 is 18.9. The van der Waals surface area contributed by atoms with E-state index < -0.39 is 5.82 Å². The smallest absolute Gasteiger partial charge is 0.315 e. The van der Waals surface area contributed by atoms with Crippen LogP contribution < -0.4 is 10.6 Å². The number of hydrogen-bond acceptors (Lipinski definition) is 2. The van der Waals surface area contributed by atoms with Crippen LogP contribution in [0.2, 0.25) is 5.02 Å². The van der Waals surface area contributed by atoms with E-state index >= 15 is 0 Å². The molecule has 1 aliphatic heterocycles. The molecule has 0 bridgehead atoms. The molecule has 1 atom stereocenters. The second kappa shape index (κ2) is 5.81. The Kier molecular flexibility index (Phi) is 4.04. The molecule has 21 heavy (non-hydrogen) atoms. The first-order valence-corrected chi connectivity index (χ1v) is 7.53. The summed E-state index contributed by atoms with van der Waals surface area (Å²) in [4.78, 5) is 11.9. The highest BCUT2D eigenvalue weighted by atomic mass is 35.5. The zero-order valence-corrected chi connectivity index (χ0v) is 12.4. The molecule has 4 nitrogen and oxygen atoms in total. The van der Waals surface area contributed by atoms with Gasteiger partial charge in [0.05, 0.1) is 0 Å². The van der Waals surface area contributed by atoms with Crippen molar-refractivity contribution in [3.63, 3.8) is 0 Å². The minimum absolute atomic E-state index is 0.0835. The van der Waals surface area contributed by atoms with Crippen LogP contribution in [0, 0.1) is 11.2 Å². The third kappa shape index (κ3) is 3.14. The topological polar surface area (TPSA) is 50.4 Å². The molecule has 1 spiro atoms. The number of urea groups is 1. The Hall–Kier alpha value is -1.33. The molecule has 2 fully saturated rings. The predicted octanol–water partition coefficient (Wildman–Crippen LogP) is 2.85. The zero-order valence-electron chi connectivity index (χ0n) is 11.6. The van der Waals surface area contributed by atoms with Gasteiger partial charge in [-0.15, -0.1) is 0 Å². The van der Waals surface area contributed by atoms with Crippen molar-refractivity contribution in [2.45, 2.75) is 31.8 Å². The highest BCUT2D eigenvalue weighted by Gasteiger charge is 2.55. The summed E-state index contributed by atoms with van der Waals surface area (Å²) in [6.45, 7) is 1.62. The van der Waals surface area contributed by atoms with E-state index in [-0.39, 0.29) is 24.0 Å². The summed E-state index contributed by atoms with van der Waals surface area (Å²) in [7, 11) is 0. The molecule has 1 saturated heterocycles. The van der Waals surface area contributed by atoms with Crippen LogP contribution in [0.3, 0.4) is 0 Å². The molecular formula is C15H18ClFN2O2. The lowest BCUT2D eigenvalue weighted by Crippen LogP contribution is -2.39. The number of nitrogens with one attached hydrogen (secondary N) is 2. The average Bonchev–Trinajstić information content (AvgIpc) is 3.10. The Morgan fingerprint density at radius 3 is 2.90 bits per heavy atom. The van der Waals surface area contributed by atoms with Crippen LogP contribution in [0.1, 0.15) is 24.8 Å². The van der Waals surface area contributed by atoms with Crippen LogP contribution in [0.15, 0.2) is 18.2 Å². The molecular weight excluding hydrogens is 295 g/mol. The number of amides is 2. The fourth-order valence-corrected chi connectivity index (χ4v) is 3.19. The minimum atomic E-state index is -0.407. The SMILES string of the molecule is O=C(NCc1c(F)cccc1Cl)NC1CC12CCOCC2. The number of hydrogen-bond donors (Lipinski definition) is 2. The van der Waals surface area contributed by atoms with Crippen molar-refractivity contribution < 1.29 is 13.9 Å². The highest BCUT2D eigenvalue weighted by Crippen LogP contribution is 2.53. The number of benzene rings is 1. The van der Waals surface area contributed by atoms with Crippen molar-refractivity contribution in [2.24, 2.45) is 5.41 Å². The number of carbonyl (C=O) groups is 1. The lowest BCUT2D eigenvalue weighted by atomic mass is 9.96. The van der Waals surface area contributed by atoms with E-state index in [4.69, 9.17) is 16.3 Å². The second-order valence-corrected chi connectivity index (χ2v) is 6.17. The van der Waals surface area contributed by atoms with Crippen molar-refractivity contribution >= 4 is 17.6 Å². The van der Waals surface area contributed by atoms with E-state index in [1.54, 1.807) is 12.1 Å². The summed E-state index contributed by atoms with van der Waals surface area (Å²) in [5.74, 6) is -0.407. The maximum absolute atomic E-state index is 13.6. The molecule has 1 aliphatic carbocycles.